The molecule has 0 heterocycles. The van der Waals surface area contributed by atoms with E-state index < -0.39 is 6.10 Å². The van der Waals surface area contributed by atoms with Crippen molar-refractivity contribution in [2.75, 3.05) is 13.2 Å². The largest absolute Gasteiger partial charge is 0.462 e. The monoisotopic (exact) mass is 1110 g/mol. The van der Waals surface area contributed by atoms with Gasteiger partial charge in [-0.2, -0.15) is 0 Å². The van der Waals surface area contributed by atoms with Gasteiger partial charge in [-0.15, -0.1) is 0 Å². The summed E-state index contributed by atoms with van der Waals surface area (Å²) in [5.41, 5.74) is 0. The van der Waals surface area contributed by atoms with Crippen molar-refractivity contribution in [2.24, 2.45) is 0 Å². The smallest absolute Gasteiger partial charge is 0.306 e. The van der Waals surface area contributed by atoms with E-state index in [2.05, 4.69) is 106 Å². The van der Waals surface area contributed by atoms with Gasteiger partial charge in [0.1, 0.15) is 13.2 Å². The molecule has 0 rings (SSSR count). The van der Waals surface area contributed by atoms with Crippen LogP contribution in [0, 0.1) is 0 Å². The summed E-state index contributed by atoms with van der Waals surface area (Å²) in [6, 6.07) is 0. The van der Waals surface area contributed by atoms with E-state index >= 15 is 0 Å². The number of carbonyl (C=O) groups excluding carboxylic acids is 3. The summed E-state index contributed by atoms with van der Waals surface area (Å²) in [6.45, 7) is 6.54. The predicted octanol–water partition coefficient (Wildman–Crippen LogP) is 23.8. The number of carbonyl (C=O) groups is 3. The van der Waals surface area contributed by atoms with Crippen LogP contribution in [0.15, 0.2) is 85.1 Å². The number of esters is 3. The van der Waals surface area contributed by atoms with Crippen LogP contribution in [0.25, 0.3) is 0 Å². The number of unbranched alkanes of at least 4 members (excludes halogenated alkanes) is 38. The summed E-state index contributed by atoms with van der Waals surface area (Å²) in [5, 5.41) is 0. The molecule has 0 fully saturated rings. The minimum Gasteiger partial charge on any atom is -0.462 e. The van der Waals surface area contributed by atoms with Gasteiger partial charge in [-0.05, 0) is 96.3 Å². The summed E-state index contributed by atoms with van der Waals surface area (Å²) >= 11 is 0. The Hall–Kier alpha value is -3.41. The van der Waals surface area contributed by atoms with E-state index in [1.54, 1.807) is 0 Å². The summed E-state index contributed by atoms with van der Waals surface area (Å²) < 4.78 is 17.0. The molecule has 80 heavy (non-hydrogen) atoms. The van der Waals surface area contributed by atoms with Crippen molar-refractivity contribution in [1.29, 1.82) is 0 Å². The lowest BCUT2D eigenvalue weighted by atomic mass is 10.0. The molecule has 0 N–H and O–H groups in total. The average molecular weight is 1120 g/mol. The van der Waals surface area contributed by atoms with Crippen LogP contribution in [-0.2, 0) is 28.6 Å². The molecular weight excluding hydrogens is 985 g/mol. The van der Waals surface area contributed by atoms with Gasteiger partial charge in [0.2, 0.25) is 0 Å². The van der Waals surface area contributed by atoms with E-state index in [1.165, 1.54) is 199 Å². The number of rotatable bonds is 63. The van der Waals surface area contributed by atoms with Crippen molar-refractivity contribution >= 4 is 17.9 Å². The molecule has 0 amide bonds. The van der Waals surface area contributed by atoms with Crippen LogP contribution in [0.2, 0.25) is 0 Å². The fraction of sp³-hybridized carbons (Fsp3) is 0.770. The molecule has 0 aliphatic rings. The van der Waals surface area contributed by atoms with Gasteiger partial charge >= 0.3 is 17.9 Å². The second-order valence-corrected chi connectivity index (χ2v) is 23.1. The van der Waals surface area contributed by atoms with Crippen LogP contribution < -0.4 is 0 Å². The van der Waals surface area contributed by atoms with Crippen LogP contribution in [0.4, 0.5) is 0 Å². The Kier molecular flexibility index (Phi) is 65.2. The number of hydrogen-bond donors (Lipinski definition) is 0. The molecule has 0 aliphatic carbocycles. The second-order valence-electron chi connectivity index (χ2n) is 23.1. The zero-order valence-corrected chi connectivity index (χ0v) is 53.1. The Morgan fingerprint density at radius 2 is 0.487 bits per heavy atom. The zero-order valence-electron chi connectivity index (χ0n) is 53.1. The van der Waals surface area contributed by atoms with Crippen LogP contribution in [0.3, 0.4) is 0 Å². The molecule has 6 heteroatoms. The number of ether oxygens (including phenoxy) is 3. The van der Waals surface area contributed by atoms with Crippen molar-refractivity contribution in [3.05, 3.63) is 85.1 Å². The van der Waals surface area contributed by atoms with E-state index in [0.717, 1.165) is 109 Å². The fourth-order valence-corrected chi connectivity index (χ4v) is 9.97. The van der Waals surface area contributed by atoms with Crippen molar-refractivity contribution in [1.82, 2.24) is 0 Å². The Balaban J connectivity index is 4.38. The second kappa shape index (κ2) is 68.1. The van der Waals surface area contributed by atoms with E-state index in [-0.39, 0.29) is 31.1 Å². The van der Waals surface area contributed by atoms with Crippen LogP contribution in [-0.4, -0.2) is 37.2 Å². The SMILES string of the molecule is CC/C=C\C/C=C\C/C=C\C/C=C\CCCCCCCCCCC(=O)OC(COC(=O)CCCCCCCC/C=C\C/C=C\C/C=C\CCCCC)COC(=O)CCCCCCCCCCCCCCCCCCCCCCCC. The van der Waals surface area contributed by atoms with Crippen LogP contribution >= 0.6 is 0 Å². The van der Waals surface area contributed by atoms with Crippen molar-refractivity contribution in [3.8, 4) is 0 Å². The Morgan fingerprint density at radius 3 is 0.787 bits per heavy atom. The molecule has 0 aromatic carbocycles. The Morgan fingerprint density at radius 1 is 0.263 bits per heavy atom. The maximum atomic E-state index is 13.0. The molecule has 462 valence electrons. The van der Waals surface area contributed by atoms with Crippen molar-refractivity contribution < 1.29 is 28.6 Å². The van der Waals surface area contributed by atoms with Gasteiger partial charge in [-0.25, -0.2) is 0 Å². The molecule has 0 saturated heterocycles. The summed E-state index contributed by atoms with van der Waals surface area (Å²) in [5.74, 6) is -0.883. The quantitative estimate of drug-likeness (QED) is 0.0261. The standard InChI is InChI=1S/C74H130O6/c1-4-7-10-13-16-19-22-25-28-31-34-36-38-40-43-46-49-52-55-58-61-64-67-73(76)79-70-71(69-78-72(75)66-63-60-57-54-51-48-45-42-39-33-30-27-24-21-18-15-12-9-6-3)80-74(77)68-65-62-59-56-53-50-47-44-41-37-35-32-29-26-23-20-17-14-11-8-5-2/h8,11,17-18,20-21,26-27,29-30,35,37,39,42,71H,4-7,9-10,12-16,19,22-25,28,31-34,36,38,40-41,43-70H2,1-3H3/b11-8-,20-17-,21-18-,29-26-,30-27-,37-35-,42-39-. The van der Waals surface area contributed by atoms with Gasteiger partial charge in [0, 0.05) is 19.3 Å². The highest BCUT2D eigenvalue weighted by atomic mass is 16.6. The van der Waals surface area contributed by atoms with E-state index in [1.807, 2.05) is 0 Å². The highest BCUT2D eigenvalue weighted by molar-refractivity contribution is 5.71. The fourth-order valence-electron chi connectivity index (χ4n) is 9.97. The third-order valence-electron chi connectivity index (χ3n) is 15.1. The van der Waals surface area contributed by atoms with Crippen LogP contribution in [0.5, 0.6) is 0 Å². The first kappa shape index (κ1) is 76.6. The number of allylic oxidation sites excluding steroid dienone is 14. The summed E-state index contributed by atoms with van der Waals surface area (Å²) in [7, 11) is 0. The molecule has 0 saturated carbocycles. The first-order valence-corrected chi connectivity index (χ1v) is 34.6. The summed E-state index contributed by atoms with van der Waals surface area (Å²) in [6.07, 6.45) is 90.2. The van der Waals surface area contributed by atoms with Gasteiger partial charge in [-0.1, -0.05) is 318 Å². The predicted molar refractivity (Wildman–Crippen MR) is 348 cm³/mol. The van der Waals surface area contributed by atoms with Gasteiger partial charge in [0.25, 0.3) is 0 Å². The van der Waals surface area contributed by atoms with Gasteiger partial charge < -0.3 is 14.2 Å². The average Bonchev–Trinajstić information content (AvgIpc) is 3.46. The number of hydrogen-bond acceptors (Lipinski definition) is 6. The molecule has 1 atom stereocenters. The molecular formula is C74H130O6. The topological polar surface area (TPSA) is 78.9 Å². The molecule has 0 aromatic heterocycles. The molecule has 0 radical (unpaired) electrons. The van der Waals surface area contributed by atoms with E-state index in [4.69, 9.17) is 14.2 Å². The van der Waals surface area contributed by atoms with Gasteiger partial charge in [0.05, 0.1) is 0 Å². The van der Waals surface area contributed by atoms with Crippen LogP contribution in [0.1, 0.15) is 348 Å². The third-order valence-corrected chi connectivity index (χ3v) is 15.1. The normalized spacial score (nSPS) is 12.6. The zero-order chi connectivity index (χ0) is 57.8. The maximum absolute atomic E-state index is 13.0. The first-order chi connectivity index (χ1) is 39.5. The Labute approximate surface area is 496 Å². The van der Waals surface area contributed by atoms with E-state index in [0.29, 0.717) is 19.3 Å². The highest BCUT2D eigenvalue weighted by Crippen LogP contribution is 2.18. The van der Waals surface area contributed by atoms with Gasteiger partial charge in [0.15, 0.2) is 6.10 Å². The Bertz CT molecular complexity index is 1520. The lowest BCUT2D eigenvalue weighted by Crippen LogP contribution is -2.30. The lowest BCUT2D eigenvalue weighted by molar-refractivity contribution is -0.167. The van der Waals surface area contributed by atoms with Crippen molar-refractivity contribution in [2.45, 2.75) is 354 Å². The van der Waals surface area contributed by atoms with Gasteiger partial charge in [-0.3, -0.25) is 14.4 Å². The third kappa shape index (κ3) is 65.4. The molecule has 1 unspecified atom stereocenters. The molecule has 0 aliphatic heterocycles. The van der Waals surface area contributed by atoms with E-state index in [9.17, 15) is 14.4 Å². The minimum atomic E-state index is -0.788. The maximum Gasteiger partial charge on any atom is 0.306 e. The molecule has 0 aromatic rings. The first-order valence-electron chi connectivity index (χ1n) is 34.6. The lowest BCUT2D eigenvalue weighted by Gasteiger charge is -2.18. The minimum absolute atomic E-state index is 0.0812. The highest BCUT2D eigenvalue weighted by Gasteiger charge is 2.19. The molecule has 6 nitrogen and oxygen atoms in total. The van der Waals surface area contributed by atoms with Crippen molar-refractivity contribution in [3.63, 3.8) is 0 Å². The molecule has 0 spiro atoms. The summed E-state index contributed by atoms with van der Waals surface area (Å²) in [4.78, 5) is 38.5. The molecule has 0 bridgehead atoms.